The predicted molar refractivity (Wildman–Crippen MR) is 66.8 cm³/mol. The van der Waals surface area contributed by atoms with Crippen LogP contribution < -0.4 is 10.6 Å². The minimum atomic E-state index is 0.502. The van der Waals surface area contributed by atoms with Gasteiger partial charge >= 0.3 is 0 Å². The van der Waals surface area contributed by atoms with E-state index in [1.165, 1.54) is 0 Å². The molecule has 0 amide bonds. The molecule has 5 heteroatoms. The second-order valence-corrected chi connectivity index (χ2v) is 3.73. The fraction of sp³-hybridized carbons (Fsp3) is 0.364. The van der Waals surface area contributed by atoms with Gasteiger partial charge in [0.25, 0.3) is 0 Å². The first-order valence-electron chi connectivity index (χ1n) is 5.02. The van der Waals surface area contributed by atoms with E-state index in [1.807, 2.05) is 12.1 Å². The van der Waals surface area contributed by atoms with Crippen LogP contribution in [0.15, 0.2) is 39.4 Å². The fourth-order valence-corrected chi connectivity index (χ4v) is 1.23. The van der Waals surface area contributed by atoms with E-state index in [4.69, 9.17) is 16.0 Å². The highest BCUT2D eigenvalue weighted by molar-refractivity contribution is 6.29. The summed E-state index contributed by atoms with van der Waals surface area (Å²) in [5, 5.41) is 6.72. The molecule has 1 rings (SSSR count). The Morgan fingerprint density at radius 2 is 2.38 bits per heavy atom. The lowest BCUT2D eigenvalue weighted by molar-refractivity contribution is 0.507. The molecule has 0 saturated carbocycles. The molecule has 0 spiro atoms. The molecule has 0 atom stereocenters. The predicted octanol–water partition coefficient (Wildman–Crippen LogP) is 1.74. The maximum absolute atomic E-state index is 5.64. The number of hydrogen-bond donors (Lipinski definition) is 2. The van der Waals surface area contributed by atoms with E-state index in [9.17, 15) is 0 Å². The number of furan rings is 1. The minimum Gasteiger partial charge on any atom is -0.469 e. The van der Waals surface area contributed by atoms with Gasteiger partial charge in [0.2, 0.25) is 0 Å². The fourth-order valence-electron chi connectivity index (χ4n) is 1.16. The Kier molecular flexibility index (Phi) is 5.50. The van der Waals surface area contributed by atoms with Crippen LogP contribution in [0.25, 0.3) is 0 Å². The Balaban J connectivity index is 2.22. The molecule has 0 saturated heterocycles. The monoisotopic (exact) mass is 241 g/mol. The normalized spacial score (nSPS) is 11.2. The highest BCUT2D eigenvalue weighted by Crippen LogP contribution is 1.99. The van der Waals surface area contributed by atoms with E-state index >= 15 is 0 Å². The molecule has 1 aromatic rings. The zero-order chi connectivity index (χ0) is 11.8. The Bertz CT molecular complexity index is 346. The molecule has 16 heavy (non-hydrogen) atoms. The molecular formula is C11H16ClN3O. The van der Waals surface area contributed by atoms with Crippen molar-refractivity contribution in [2.45, 2.75) is 6.42 Å². The summed E-state index contributed by atoms with van der Waals surface area (Å²) in [7, 11) is 1.71. The van der Waals surface area contributed by atoms with Crippen molar-refractivity contribution in [2.24, 2.45) is 4.99 Å². The van der Waals surface area contributed by atoms with E-state index in [-0.39, 0.29) is 0 Å². The summed E-state index contributed by atoms with van der Waals surface area (Å²) in [6.07, 6.45) is 2.48. The Hall–Kier alpha value is -1.42. The highest BCUT2D eigenvalue weighted by Gasteiger charge is 1.99. The van der Waals surface area contributed by atoms with Crippen LogP contribution in [0.3, 0.4) is 0 Å². The maximum Gasteiger partial charge on any atom is 0.191 e. The number of nitrogens with zero attached hydrogens (tertiary/aromatic N) is 1. The quantitative estimate of drug-likeness (QED) is 0.610. The summed E-state index contributed by atoms with van der Waals surface area (Å²) in [5.74, 6) is 1.65. The molecule has 88 valence electrons. The third-order valence-electron chi connectivity index (χ3n) is 1.92. The van der Waals surface area contributed by atoms with Crippen molar-refractivity contribution >= 4 is 17.6 Å². The second kappa shape index (κ2) is 6.95. The van der Waals surface area contributed by atoms with E-state index in [1.54, 1.807) is 13.3 Å². The van der Waals surface area contributed by atoms with Crippen molar-refractivity contribution in [2.75, 3.05) is 20.1 Å². The van der Waals surface area contributed by atoms with Gasteiger partial charge in [-0.2, -0.15) is 0 Å². The van der Waals surface area contributed by atoms with Crippen molar-refractivity contribution < 1.29 is 4.42 Å². The van der Waals surface area contributed by atoms with Gasteiger partial charge in [-0.3, -0.25) is 4.99 Å². The minimum absolute atomic E-state index is 0.502. The van der Waals surface area contributed by atoms with Crippen LogP contribution >= 0.6 is 11.6 Å². The standard InChI is InChI=1S/C11H16ClN3O/c1-9(12)8-15-11(13-2)14-6-5-10-4-3-7-16-10/h3-4,7H,1,5-6,8H2,2H3,(H2,13,14,15). The van der Waals surface area contributed by atoms with Gasteiger partial charge in [-0.15, -0.1) is 0 Å². The van der Waals surface area contributed by atoms with Crippen LogP contribution in [-0.4, -0.2) is 26.1 Å². The van der Waals surface area contributed by atoms with Gasteiger partial charge < -0.3 is 15.1 Å². The number of hydrogen-bond acceptors (Lipinski definition) is 2. The zero-order valence-electron chi connectivity index (χ0n) is 9.29. The Morgan fingerprint density at radius 3 is 2.94 bits per heavy atom. The number of rotatable bonds is 5. The van der Waals surface area contributed by atoms with Gasteiger partial charge in [-0.25, -0.2) is 0 Å². The molecule has 0 unspecified atom stereocenters. The van der Waals surface area contributed by atoms with Gasteiger partial charge in [0.05, 0.1) is 12.8 Å². The summed E-state index contributed by atoms with van der Waals surface area (Å²) >= 11 is 5.64. The van der Waals surface area contributed by atoms with E-state index < -0.39 is 0 Å². The molecule has 0 aliphatic carbocycles. The number of nitrogens with one attached hydrogen (secondary N) is 2. The lowest BCUT2D eigenvalue weighted by Gasteiger charge is -2.10. The third-order valence-corrected chi connectivity index (χ3v) is 2.05. The number of halogens is 1. The Labute approximate surface area is 100 Å². The van der Waals surface area contributed by atoms with Crippen LogP contribution in [0.1, 0.15) is 5.76 Å². The van der Waals surface area contributed by atoms with Crippen LogP contribution in [-0.2, 0) is 6.42 Å². The van der Waals surface area contributed by atoms with Crippen molar-refractivity contribution in [3.05, 3.63) is 35.8 Å². The van der Waals surface area contributed by atoms with E-state index in [0.29, 0.717) is 17.5 Å². The van der Waals surface area contributed by atoms with E-state index in [0.717, 1.165) is 18.7 Å². The average Bonchev–Trinajstić information content (AvgIpc) is 2.75. The summed E-state index contributed by atoms with van der Waals surface area (Å²) in [6, 6.07) is 3.82. The molecule has 0 bridgehead atoms. The van der Waals surface area contributed by atoms with Crippen LogP contribution in [0.5, 0.6) is 0 Å². The van der Waals surface area contributed by atoms with Gasteiger partial charge in [-0.05, 0) is 12.1 Å². The third kappa shape index (κ3) is 4.89. The molecule has 0 radical (unpaired) electrons. The molecule has 1 heterocycles. The van der Waals surface area contributed by atoms with Crippen molar-refractivity contribution in [1.29, 1.82) is 0 Å². The SMILES string of the molecule is C=C(Cl)CNC(=NC)NCCc1ccco1. The zero-order valence-corrected chi connectivity index (χ0v) is 10.0. The van der Waals surface area contributed by atoms with Crippen molar-refractivity contribution in [3.63, 3.8) is 0 Å². The number of guanidine groups is 1. The first-order valence-corrected chi connectivity index (χ1v) is 5.40. The lowest BCUT2D eigenvalue weighted by Crippen LogP contribution is -2.38. The largest absolute Gasteiger partial charge is 0.469 e. The van der Waals surface area contributed by atoms with Gasteiger partial charge in [0.1, 0.15) is 5.76 Å². The number of aliphatic imine (C=N–C) groups is 1. The Morgan fingerprint density at radius 1 is 1.56 bits per heavy atom. The summed E-state index contributed by atoms with van der Waals surface area (Å²) in [6.45, 7) is 4.84. The van der Waals surface area contributed by atoms with Crippen molar-refractivity contribution in [1.82, 2.24) is 10.6 Å². The van der Waals surface area contributed by atoms with Crippen LogP contribution in [0.4, 0.5) is 0 Å². The molecule has 0 aliphatic rings. The molecule has 2 N–H and O–H groups in total. The summed E-state index contributed by atoms with van der Waals surface area (Å²) in [4.78, 5) is 4.04. The molecule has 0 aliphatic heterocycles. The molecule has 1 aromatic heterocycles. The summed E-state index contributed by atoms with van der Waals surface area (Å²) < 4.78 is 5.21. The average molecular weight is 242 g/mol. The van der Waals surface area contributed by atoms with Crippen LogP contribution in [0.2, 0.25) is 0 Å². The highest BCUT2D eigenvalue weighted by atomic mass is 35.5. The smallest absolute Gasteiger partial charge is 0.191 e. The molecule has 0 aromatic carbocycles. The lowest BCUT2D eigenvalue weighted by atomic mass is 10.3. The van der Waals surface area contributed by atoms with Gasteiger partial charge in [0, 0.05) is 25.0 Å². The topological polar surface area (TPSA) is 49.6 Å². The molecular weight excluding hydrogens is 226 g/mol. The van der Waals surface area contributed by atoms with Gasteiger partial charge in [0.15, 0.2) is 5.96 Å². The summed E-state index contributed by atoms with van der Waals surface area (Å²) in [5.41, 5.74) is 0. The molecule has 4 nitrogen and oxygen atoms in total. The second-order valence-electron chi connectivity index (χ2n) is 3.20. The van der Waals surface area contributed by atoms with E-state index in [2.05, 4.69) is 22.2 Å². The first kappa shape index (κ1) is 12.6. The first-order chi connectivity index (χ1) is 7.72. The van der Waals surface area contributed by atoms with Gasteiger partial charge in [-0.1, -0.05) is 18.2 Å². The maximum atomic E-state index is 5.64. The van der Waals surface area contributed by atoms with Crippen LogP contribution in [0, 0.1) is 0 Å². The molecule has 0 fully saturated rings. The van der Waals surface area contributed by atoms with Crippen molar-refractivity contribution in [3.8, 4) is 0 Å².